The van der Waals surface area contributed by atoms with Gasteiger partial charge in [-0.05, 0) is 41.3 Å². The molecule has 1 aromatic rings. The molecule has 0 amide bonds. The van der Waals surface area contributed by atoms with Crippen molar-refractivity contribution >= 4 is 25.8 Å². The maximum atomic E-state index is 11.5. The molecule has 110 valence electrons. The van der Waals surface area contributed by atoms with Crippen LogP contribution < -0.4 is 10.1 Å². The summed E-state index contributed by atoms with van der Waals surface area (Å²) >= 11 is 3.50. The van der Waals surface area contributed by atoms with Gasteiger partial charge in [0.05, 0.1) is 16.0 Å². The van der Waals surface area contributed by atoms with Gasteiger partial charge in [0.2, 0.25) is 0 Å². The van der Waals surface area contributed by atoms with Gasteiger partial charge in [-0.25, -0.2) is 8.42 Å². The van der Waals surface area contributed by atoms with Gasteiger partial charge in [0.15, 0.2) is 9.84 Å². The van der Waals surface area contributed by atoms with E-state index in [4.69, 9.17) is 4.74 Å². The van der Waals surface area contributed by atoms with Crippen molar-refractivity contribution < 1.29 is 13.2 Å². The van der Waals surface area contributed by atoms with Crippen LogP contribution in [-0.2, 0) is 16.4 Å². The average Bonchev–Trinajstić information content (AvgIpc) is 3.15. The van der Waals surface area contributed by atoms with E-state index in [2.05, 4.69) is 21.2 Å². The maximum absolute atomic E-state index is 11.5. The van der Waals surface area contributed by atoms with Gasteiger partial charge in [-0.2, -0.15) is 0 Å². The van der Waals surface area contributed by atoms with Crippen molar-refractivity contribution in [1.82, 2.24) is 5.32 Å². The predicted molar refractivity (Wildman–Crippen MR) is 81.7 cm³/mol. The van der Waals surface area contributed by atoms with Crippen molar-refractivity contribution in [3.63, 3.8) is 0 Å². The quantitative estimate of drug-likeness (QED) is 0.875. The largest absolute Gasteiger partial charge is 0.488 e. The molecule has 1 aliphatic carbocycles. The average molecular weight is 360 g/mol. The molecule has 1 saturated heterocycles. The predicted octanol–water partition coefficient (Wildman–Crippen LogP) is 2.27. The highest BCUT2D eigenvalue weighted by molar-refractivity contribution is 9.10. The number of hydrogen-bond donors (Lipinski definition) is 1. The number of rotatable bonds is 5. The Morgan fingerprint density at radius 1 is 1.30 bits per heavy atom. The lowest BCUT2D eigenvalue weighted by molar-refractivity contribution is 0.224. The van der Waals surface area contributed by atoms with Crippen molar-refractivity contribution in [2.24, 2.45) is 0 Å². The number of ether oxygens (including phenoxy) is 1. The molecule has 1 aliphatic heterocycles. The highest BCUT2D eigenvalue weighted by Crippen LogP contribution is 2.32. The van der Waals surface area contributed by atoms with E-state index in [9.17, 15) is 8.42 Å². The summed E-state index contributed by atoms with van der Waals surface area (Å²) in [5, 5.41) is 3.46. The Hall–Kier alpha value is -0.590. The summed E-state index contributed by atoms with van der Waals surface area (Å²) in [6.45, 7) is 0.763. The monoisotopic (exact) mass is 359 g/mol. The van der Waals surface area contributed by atoms with Gasteiger partial charge in [0.1, 0.15) is 11.9 Å². The van der Waals surface area contributed by atoms with Gasteiger partial charge in [0, 0.05) is 18.2 Å². The molecule has 0 aromatic heterocycles. The molecule has 2 fully saturated rings. The number of benzene rings is 1. The van der Waals surface area contributed by atoms with Crippen molar-refractivity contribution in [2.75, 3.05) is 11.5 Å². The fourth-order valence-corrected chi connectivity index (χ4v) is 4.48. The van der Waals surface area contributed by atoms with E-state index in [1.54, 1.807) is 0 Å². The van der Waals surface area contributed by atoms with E-state index >= 15 is 0 Å². The summed E-state index contributed by atoms with van der Waals surface area (Å²) in [5.74, 6) is 1.14. The van der Waals surface area contributed by atoms with Crippen LogP contribution in [0.4, 0.5) is 0 Å². The van der Waals surface area contributed by atoms with Crippen molar-refractivity contribution in [3.05, 3.63) is 28.2 Å². The summed E-state index contributed by atoms with van der Waals surface area (Å²) in [4.78, 5) is 0. The molecule has 0 radical (unpaired) electrons. The standard InChI is InChI=1S/C14H18BrNO3S/c15-13-3-1-2-10(8-16-11-4-5-11)14(13)19-12-6-7-20(17,18)9-12/h1-3,11-12,16H,4-9H2. The smallest absolute Gasteiger partial charge is 0.154 e. The highest BCUT2D eigenvalue weighted by atomic mass is 79.9. The van der Waals surface area contributed by atoms with Gasteiger partial charge in [-0.15, -0.1) is 0 Å². The summed E-state index contributed by atoms with van der Waals surface area (Å²) < 4.78 is 29.9. The third kappa shape index (κ3) is 3.54. The van der Waals surface area contributed by atoms with E-state index in [1.165, 1.54) is 12.8 Å². The number of para-hydroxylation sites is 1. The molecule has 1 aromatic carbocycles. The van der Waals surface area contributed by atoms with Crippen LogP contribution in [0.2, 0.25) is 0 Å². The minimum absolute atomic E-state index is 0.129. The van der Waals surface area contributed by atoms with Gasteiger partial charge in [-0.3, -0.25) is 0 Å². The Morgan fingerprint density at radius 2 is 2.10 bits per heavy atom. The second-order valence-corrected chi connectivity index (χ2v) is 8.61. The van der Waals surface area contributed by atoms with E-state index in [0.29, 0.717) is 12.5 Å². The summed E-state index contributed by atoms with van der Waals surface area (Å²) in [6.07, 6.45) is 2.84. The fraction of sp³-hybridized carbons (Fsp3) is 0.571. The first-order valence-electron chi connectivity index (χ1n) is 6.91. The zero-order valence-electron chi connectivity index (χ0n) is 11.1. The second-order valence-electron chi connectivity index (χ2n) is 5.53. The molecule has 1 unspecified atom stereocenters. The zero-order valence-corrected chi connectivity index (χ0v) is 13.5. The lowest BCUT2D eigenvalue weighted by atomic mass is 10.2. The minimum Gasteiger partial charge on any atom is -0.488 e. The lowest BCUT2D eigenvalue weighted by Crippen LogP contribution is -2.21. The van der Waals surface area contributed by atoms with Gasteiger partial charge >= 0.3 is 0 Å². The van der Waals surface area contributed by atoms with Crippen LogP contribution in [0.5, 0.6) is 5.75 Å². The first-order chi connectivity index (χ1) is 9.53. The van der Waals surface area contributed by atoms with Crippen LogP contribution >= 0.6 is 15.9 Å². The Morgan fingerprint density at radius 3 is 2.75 bits per heavy atom. The SMILES string of the molecule is O=S1(=O)CCC(Oc2c(Br)cccc2CNC2CC2)C1. The minimum atomic E-state index is -2.91. The number of sulfone groups is 1. The van der Waals surface area contributed by atoms with Crippen molar-refractivity contribution in [1.29, 1.82) is 0 Å². The second kappa shape index (κ2) is 5.66. The summed E-state index contributed by atoms with van der Waals surface area (Å²) in [6, 6.07) is 6.57. The van der Waals surface area contributed by atoms with E-state index in [-0.39, 0.29) is 17.6 Å². The molecular formula is C14H18BrNO3S. The Bertz CT molecular complexity index is 598. The maximum Gasteiger partial charge on any atom is 0.154 e. The highest BCUT2D eigenvalue weighted by Gasteiger charge is 2.30. The number of halogens is 1. The summed E-state index contributed by atoms with van der Waals surface area (Å²) in [5.41, 5.74) is 1.08. The van der Waals surface area contributed by atoms with E-state index < -0.39 is 9.84 Å². The molecule has 1 atom stereocenters. The van der Waals surface area contributed by atoms with Crippen molar-refractivity contribution in [3.8, 4) is 5.75 Å². The van der Waals surface area contributed by atoms with Gasteiger partial charge < -0.3 is 10.1 Å². The van der Waals surface area contributed by atoms with Crippen LogP contribution in [0.3, 0.4) is 0 Å². The third-order valence-electron chi connectivity index (χ3n) is 3.68. The molecular weight excluding hydrogens is 342 g/mol. The fourth-order valence-electron chi connectivity index (χ4n) is 2.39. The van der Waals surface area contributed by atoms with Crippen molar-refractivity contribution in [2.45, 2.75) is 38.0 Å². The van der Waals surface area contributed by atoms with E-state index in [1.807, 2.05) is 18.2 Å². The van der Waals surface area contributed by atoms with Gasteiger partial charge in [-0.1, -0.05) is 12.1 Å². The third-order valence-corrected chi connectivity index (χ3v) is 6.04. The molecule has 4 nitrogen and oxygen atoms in total. The normalized spacial score (nSPS) is 24.8. The molecule has 0 spiro atoms. The topological polar surface area (TPSA) is 55.4 Å². The van der Waals surface area contributed by atoms with Crippen LogP contribution in [0.15, 0.2) is 22.7 Å². The molecule has 1 saturated carbocycles. The molecule has 6 heteroatoms. The molecule has 2 aliphatic rings. The lowest BCUT2D eigenvalue weighted by Gasteiger charge is -2.17. The molecule has 3 rings (SSSR count). The first kappa shape index (κ1) is 14.4. The number of hydrogen-bond acceptors (Lipinski definition) is 4. The molecule has 20 heavy (non-hydrogen) atoms. The van der Waals surface area contributed by atoms with Crippen LogP contribution in [0, 0.1) is 0 Å². The van der Waals surface area contributed by atoms with Gasteiger partial charge in [0.25, 0.3) is 0 Å². The van der Waals surface area contributed by atoms with E-state index in [0.717, 1.165) is 22.3 Å². The Labute approximate surface area is 127 Å². The first-order valence-corrected chi connectivity index (χ1v) is 9.53. The molecule has 0 bridgehead atoms. The molecule has 1 N–H and O–H groups in total. The summed E-state index contributed by atoms with van der Waals surface area (Å²) in [7, 11) is -2.91. The zero-order chi connectivity index (χ0) is 14.2. The van der Waals surface area contributed by atoms with Crippen LogP contribution in [-0.4, -0.2) is 32.1 Å². The van der Waals surface area contributed by atoms with Crippen LogP contribution in [0.1, 0.15) is 24.8 Å². The Kier molecular flexibility index (Phi) is 4.06. The van der Waals surface area contributed by atoms with Crippen LogP contribution in [0.25, 0.3) is 0 Å². The number of nitrogens with one attached hydrogen (secondary N) is 1. The molecule has 1 heterocycles. The Balaban J connectivity index is 1.73.